The maximum absolute atomic E-state index is 6.09. The number of hydrogen-bond donors (Lipinski definition) is 1. The summed E-state index contributed by atoms with van der Waals surface area (Å²) in [5.41, 5.74) is 0.976. The van der Waals surface area contributed by atoms with Crippen molar-refractivity contribution in [3.63, 3.8) is 0 Å². The summed E-state index contributed by atoms with van der Waals surface area (Å²) in [6.07, 6.45) is 8.70. The predicted octanol–water partition coefficient (Wildman–Crippen LogP) is 3.73. The lowest BCUT2D eigenvalue weighted by Crippen LogP contribution is -2.23. The van der Waals surface area contributed by atoms with Crippen LogP contribution in [0.5, 0.6) is 0 Å². The van der Waals surface area contributed by atoms with E-state index in [4.69, 9.17) is 11.6 Å². The summed E-state index contributed by atoms with van der Waals surface area (Å²) >= 11 is 6.09. The molecule has 3 heteroatoms. The minimum absolute atomic E-state index is 0.580. The van der Waals surface area contributed by atoms with Gasteiger partial charge >= 0.3 is 0 Å². The Kier molecular flexibility index (Phi) is 3.47. The Hall–Kier alpha value is -0.760. The van der Waals surface area contributed by atoms with Crippen LogP contribution < -0.4 is 5.32 Å². The fourth-order valence-electron chi connectivity index (χ4n) is 2.40. The summed E-state index contributed by atoms with van der Waals surface area (Å²) in [7, 11) is 0. The summed E-state index contributed by atoms with van der Waals surface area (Å²) in [4.78, 5) is 4.09. The molecule has 0 aromatic carbocycles. The normalized spacial score (nSPS) is 25.5. The van der Waals surface area contributed by atoms with Crippen molar-refractivity contribution < 1.29 is 0 Å². The molecule has 1 aromatic rings. The highest BCUT2D eigenvalue weighted by molar-refractivity contribution is 6.33. The van der Waals surface area contributed by atoms with Crippen molar-refractivity contribution >= 4 is 17.3 Å². The number of rotatable bonds is 3. The number of pyridine rings is 1. The van der Waals surface area contributed by atoms with Crippen LogP contribution in [-0.2, 0) is 0 Å². The van der Waals surface area contributed by atoms with Crippen LogP contribution in [-0.4, -0.2) is 11.0 Å². The van der Waals surface area contributed by atoms with E-state index in [1.165, 1.54) is 25.7 Å². The molecule has 1 heterocycles. The first-order valence-electron chi connectivity index (χ1n) is 5.67. The highest BCUT2D eigenvalue weighted by atomic mass is 35.5. The van der Waals surface area contributed by atoms with Gasteiger partial charge in [0.15, 0.2) is 0 Å². The van der Waals surface area contributed by atoms with E-state index in [9.17, 15) is 0 Å². The summed E-state index contributed by atoms with van der Waals surface area (Å²) in [5.74, 6) is 0.793. The molecule has 2 atom stereocenters. The first-order valence-corrected chi connectivity index (χ1v) is 6.05. The Morgan fingerprint density at radius 3 is 3.13 bits per heavy atom. The molecule has 0 aliphatic heterocycles. The van der Waals surface area contributed by atoms with Crippen LogP contribution in [0.15, 0.2) is 18.5 Å². The summed E-state index contributed by atoms with van der Waals surface area (Å²) in [6, 6.07) is 2.41. The molecule has 1 fully saturated rings. The zero-order chi connectivity index (χ0) is 10.7. The van der Waals surface area contributed by atoms with E-state index >= 15 is 0 Å². The van der Waals surface area contributed by atoms with Crippen molar-refractivity contribution in [1.29, 1.82) is 0 Å². The van der Waals surface area contributed by atoms with Crippen LogP contribution in [0.1, 0.15) is 32.6 Å². The lowest BCUT2D eigenvalue weighted by Gasteiger charge is -2.21. The molecule has 82 valence electrons. The van der Waals surface area contributed by atoms with Gasteiger partial charge in [-0.15, -0.1) is 0 Å². The second kappa shape index (κ2) is 4.84. The van der Waals surface area contributed by atoms with Gasteiger partial charge in [0.2, 0.25) is 0 Å². The maximum Gasteiger partial charge on any atom is 0.0718 e. The first-order chi connectivity index (χ1) is 7.31. The van der Waals surface area contributed by atoms with Crippen LogP contribution in [0.3, 0.4) is 0 Å². The van der Waals surface area contributed by atoms with Gasteiger partial charge in [0.1, 0.15) is 0 Å². The van der Waals surface area contributed by atoms with Crippen LogP contribution in [0, 0.1) is 5.92 Å². The minimum Gasteiger partial charge on any atom is -0.380 e. The van der Waals surface area contributed by atoms with Gasteiger partial charge in [0.25, 0.3) is 0 Å². The average Bonchev–Trinajstić information content (AvgIpc) is 2.69. The van der Waals surface area contributed by atoms with Gasteiger partial charge in [-0.3, -0.25) is 4.98 Å². The fraction of sp³-hybridized carbons (Fsp3) is 0.583. The second-order valence-electron chi connectivity index (χ2n) is 4.21. The smallest absolute Gasteiger partial charge is 0.0718 e. The quantitative estimate of drug-likeness (QED) is 0.847. The Labute approximate surface area is 96.1 Å². The van der Waals surface area contributed by atoms with Gasteiger partial charge in [-0.1, -0.05) is 31.4 Å². The van der Waals surface area contributed by atoms with Crippen molar-refractivity contribution in [1.82, 2.24) is 4.98 Å². The van der Waals surface area contributed by atoms with E-state index in [0.29, 0.717) is 6.04 Å². The lowest BCUT2D eigenvalue weighted by molar-refractivity contribution is 0.489. The number of hydrogen-bond acceptors (Lipinski definition) is 2. The maximum atomic E-state index is 6.09. The Morgan fingerprint density at radius 2 is 2.40 bits per heavy atom. The van der Waals surface area contributed by atoms with Crippen molar-refractivity contribution in [3.05, 3.63) is 23.5 Å². The van der Waals surface area contributed by atoms with E-state index < -0.39 is 0 Å². The molecule has 1 aromatic heterocycles. The lowest BCUT2D eigenvalue weighted by atomic mass is 10.0. The van der Waals surface area contributed by atoms with Gasteiger partial charge < -0.3 is 5.32 Å². The molecule has 1 saturated carbocycles. The molecule has 15 heavy (non-hydrogen) atoms. The number of nitrogens with zero attached hydrogens (tertiary/aromatic N) is 1. The van der Waals surface area contributed by atoms with Gasteiger partial charge in [0.05, 0.1) is 16.9 Å². The highest BCUT2D eigenvalue weighted by Gasteiger charge is 2.25. The first kappa shape index (κ1) is 10.7. The number of aromatic nitrogens is 1. The SMILES string of the molecule is CCC1CCCC1Nc1cnccc1Cl. The third-order valence-electron chi connectivity index (χ3n) is 3.29. The molecule has 0 saturated heterocycles. The standard InChI is InChI=1S/C12H17ClN2/c1-2-9-4-3-5-11(9)15-12-8-14-7-6-10(12)13/h6-9,11,15H,2-5H2,1H3. The Morgan fingerprint density at radius 1 is 1.53 bits per heavy atom. The number of anilines is 1. The molecule has 2 nitrogen and oxygen atoms in total. The zero-order valence-electron chi connectivity index (χ0n) is 9.04. The van der Waals surface area contributed by atoms with E-state index in [1.54, 1.807) is 6.20 Å². The Bertz CT molecular complexity index is 327. The second-order valence-corrected chi connectivity index (χ2v) is 4.61. The fourth-order valence-corrected chi connectivity index (χ4v) is 2.56. The van der Waals surface area contributed by atoms with E-state index in [-0.39, 0.29) is 0 Å². The molecular weight excluding hydrogens is 208 g/mol. The van der Waals surface area contributed by atoms with Gasteiger partial charge in [0, 0.05) is 12.2 Å². The average molecular weight is 225 g/mol. The van der Waals surface area contributed by atoms with Gasteiger partial charge in [-0.2, -0.15) is 0 Å². The summed E-state index contributed by atoms with van der Waals surface area (Å²) in [5, 5.41) is 4.29. The predicted molar refractivity (Wildman–Crippen MR) is 64.3 cm³/mol. The van der Waals surface area contributed by atoms with Crippen molar-refractivity contribution in [2.24, 2.45) is 5.92 Å². The Balaban J connectivity index is 2.05. The number of nitrogens with one attached hydrogen (secondary N) is 1. The molecule has 0 amide bonds. The van der Waals surface area contributed by atoms with Crippen molar-refractivity contribution in [3.8, 4) is 0 Å². The topological polar surface area (TPSA) is 24.9 Å². The minimum atomic E-state index is 0.580. The molecule has 0 radical (unpaired) electrons. The van der Waals surface area contributed by atoms with Gasteiger partial charge in [-0.05, 0) is 24.8 Å². The third-order valence-corrected chi connectivity index (χ3v) is 3.62. The van der Waals surface area contributed by atoms with Crippen LogP contribution in [0.4, 0.5) is 5.69 Å². The molecule has 1 aliphatic carbocycles. The molecule has 2 rings (SSSR count). The monoisotopic (exact) mass is 224 g/mol. The largest absolute Gasteiger partial charge is 0.380 e. The molecule has 2 unspecified atom stereocenters. The molecule has 0 spiro atoms. The van der Waals surface area contributed by atoms with Crippen LogP contribution >= 0.6 is 11.6 Å². The van der Waals surface area contributed by atoms with Gasteiger partial charge in [-0.25, -0.2) is 0 Å². The summed E-state index contributed by atoms with van der Waals surface area (Å²) < 4.78 is 0. The van der Waals surface area contributed by atoms with E-state index in [0.717, 1.165) is 16.6 Å². The molecule has 0 bridgehead atoms. The highest BCUT2D eigenvalue weighted by Crippen LogP contribution is 2.32. The van der Waals surface area contributed by atoms with Crippen molar-refractivity contribution in [2.75, 3.05) is 5.32 Å². The van der Waals surface area contributed by atoms with E-state index in [2.05, 4.69) is 17.2 Å². The van der Waals surface area contributed by atoms with E-state index in [1.807, 2.05) is 12.3 Å². The molecule has 1 aliphatic rings. The third kappa shape index (κ3) is 2.43. The summed E-state index contributed by atoms with van der Waals surface area (Å²) in [6.45, 7) is 2.26. The zero-order valence-corrected chi connectivity index (χ0v) is 9.80. The molecule has 1 N–H and O–H groups in total. The number of halogens is 1. The molecular formula is C12H17ClN2. The van der Waals surface area contributed by atoms with Crippen LogP contribution in [0.2, 0.25) is 5.02 Å². The van der Waals surface area contributed by atoms with Crippen LogP contribution in [0.25, 0.3) is 0 Å². The van der Waals surface area contributed by atoms with Crippen molar-refractivity contribution in [2.45, 2.75) is 38.6 Å².